The van der Waals surface area contributed by atoms with E-state index in [4.69, 9.17) is 18.0 Å². The molecule has 0 radical (unpaired) electrons. The first-order chi connectivity index (χ1) is 7.52. The summed E-state index contributed by atoms with van der Waals surface area (Å²) < 4.78 is 0. The zero-order valence-electron chi connectivity index (χ0n) is 9.95. The van der Waals surface area contributed by atoms with E-state index < -0.39 is 0 Å². The first-order valence-corrected chi connectivity index (χ1v) is 5.82. The van der Waals surface area contributed by atoms with Crippen LogP contribution in [0.15, 0.2) is 12.4 Å². The number of hydrogen-bond acceptors (Lipinski definition) is 4. The van der Waals surface area contributed by atoms with E-state index in [0.29, 0.717) is 11.5 Å². The van der Waals surface area contributed by atoms with E-state index in [1.54, 1.807) is 12.4 Å². The van der Waals surface area contributed by atoms with Crippen LogP contribution in [0.3, 0.4) is 0 Å². The Morgan fingerprint density at radius 2 is 1.94 bits per heavy atom. The molecule has 4 nitrogen and oxygen atoms in total. The Labute approximate surface area is 102 Å². The summed E-state index contributed by atoms with van der Waals surface area (Å²) in [7, 11) is 0. The number of nitrogens with one attached hydrogen (secondary N) is 1. The number of nitrogens with two attached hydrogens (primary N) is 1. The van der Waals surface area contributed by atoms with Gasteiger partial charge in [0.1, 0.15) is 10.7 Å². The van der Waals surface area contributed by atoms with Crippen molar-refractivity contribution in [2.24, 2.45) is 5.73 Å². The highest BCUT2D eigenvalue weighted by Crippen LogP contribution is 2.21. The fraction of sp³-hybridized carbons (Fsp3) is 0.545. The summed E-state index contributed by atoms with van der Waals surface area (Å²) in [6.45, 7) is 6.41. The SMILES string of the molecule is CCC(C)(CC)Nc1nccnc1C(N)=S. The maximum atomic E-state index is 5.61. The zero-order chi connectivity index (χ0) is 12.2. The van der Waals surface area contributed by atoms with Gasteiger partial charge >= 0.3 is 0 Å². The van der Waals surface area contributed by atoms with Crippen LogP contribution in [0.5, 0.6) is 0 Å². The van der Waals surface area contributed by atoms with Crippen molar-refractivity contribution < 1.29 is 0 Å². The van der Waals surface area contributed by atoms with Gasteiger partial charge in [-0.15, -0.1) is 0 Å². The molecule has 1 rings (SSSR count). The van der Waals surface area contributed by atoms with E-state index in [1.165, 1.54) is 0 Å². The Morgan fingerprint density at radius 1 is 1.38 bits per heavy atom. The topological polar surface area (TPSA) is 63.8 Å². The molecular weight excluding hydrogens is 220 g/mol. The molecule has 88 valence electrons. The van der Waals surface area contributed by atoms with Gasteiger partial charge in [0.2, 0.25) is 0 Å². The van der Waals surface area contributed by atoms with Crippen molar-refractivity contribution in [3.63, 3.8) is 0 Å². The Morgan fingerprint density at radius 3 is 2.44 bits per heavy atom. The molecule has 0 spiro atoms. The second-order valence-corrected chi connectivity index (χ2v) is 4.45. The third-order valence-electron chi connectivity index (χ3n) is 2.91. The third kappa shape index (κ3) is 2.88. The summed E-state index contributed by atoms with van der Waals surface area (Å²) in [5.41, 5.74) is 6.16. The molecule has 1 heterocycles. The van der Waals surface area contributed by atoms with Gasteiger partial charge in [0.25, 0.3) is 0 Å². The fourth-order valence-electron chi connectivity index (χ4n) is 1.32. The van der Waals surface area contributed by atoms with Crippen LogP contribution in [0.1, 0.15) is 39.3 Å². The molecule has 0 saturated heterocycles. The molecule has 0 aromatic carbocycles. The van der Waals surface area contributed by atoms with E-state index in [0.717, 1.165) is 12.8 Å². The molecule has 0 fully saturated rings. The Bertz CT molecular complexity index is 374. The van der Waals surface area contributed by atoms with Crippen molar-refractivity contribution in [2.45, 2.75) is 39.2 Å². The monoisotopic (exact) mass is 238 g/mol. The fourth-order valence-corrected chi connectivity index (χ4v) is 1.47. The normalized spacial score (nSPS) is 11.2. The summed E-state index contributed by atoms with van der Waals surface area (Å²) in [6, 6.07) is 0. The second-order valence-electron chi connectivity index (χ2n) is 4.01. The molecule has 1 aromatic heterocycles. The number of hydrogen-bond donors (Lipinski definition) is 2. The molecule has 0 unspecified atom stereocenters. The molecule has 0 amide bonds. The Balaban J connectivity index is 3.01. The maximum absolute atomic E-state index is 5.61. The number of aromatic nitrogens is 2. The first kappa shape index (κ1) is 12.8. The molecule has 0 bridgehead atoms. The minimum Gasteiger partial charge on any atom is -0.388 e. The van der Waals surface area contributed by atoms with E-state index in [1.807, 2.05) is 0 Å². The minimum atomic E-state index is -0.00440. The van der Waals surface area contributed by atoms with Gasteiger partial charge in [-0.25, -0.2) is 9.97 Å². The predicted molar refractivity (Wildman–Crippen MR) is 70.5 cm³/mol. The van der Waals surface area contributed by atoms with Crippen LogP contribution in [0.4, 0.5) is 5.82 Å². The van der Waals surface area contributed by atoms with E-state index in [-0.39, 0.29) is 10.5 Å². The summed E-state index contributed by atoms with van der Waals surface area (Å²) in [6.07, 6.45) is 5.22. The van der Waals surface area contributed by atoms with Crippen molar-refractivity contribution in [3.8, 4) is 0 Å². The minimum absolute atomic E-state index is 0.00440. The van der Waals surface area contributed by atoms with Gasteiger partial charge in [-0.2, -0.15) is 0 Å². The summed E-state index contributed by atoms with van der Waals surface area (Å²) >= 11 is 4.95. The highest BCUT2D eigenvalue weighted by Gasteiger charge is 2.21. The van der Waals surface area contributed by atoms with Crippen molar-refractivity contribution in [1.82, 2.24) is 9.97 Å². The lowest BCUT2D eigenvalue weighted by molar-refractivity contribution is 0.476. The lowest BCUT2D eigenvalue weighted by atomic mass is 9.95. The lowest BCUT2D eigenvalue weighted by Crippen LogP contribution is -2.34. The summed E-state index contributed by atoms with van der Waals surface area (Å²) in [4.78, 5) is 8.65. The van der Waals surface area contributed by atoms with Crippen LogP contribution in [-0.4, -0.2) is 20.5 Å². The molecule has 0 saturated carbocycles. The van der Waals surface area contributed by atoms with Gasteiger partial charge in [-0.3, -0.25) is 0 Å². The van der Waals surface area contributed by atoms with E-state index in [2.05, 4.69) is 36.1 Å². The highest BCUT2D eigenvalue weighted by atomic mass is 32.1. The molecule has 0 aliphatic heterocycles. The highest BCUT2D eigenvalue weighted by molar-refractivity contribution is 7.80. The third-order valence-corrected chi connectivity index (χ3v) is 3.11. The summed E-state index contributed by atoms with van der Waals surface area (Å²) in [5.74, 6) is 0.668. The van der Waals surface area contributed by atoms with Gasteiger partial charge in [0.05, 0.1) is 0 Å². The number of rotatable bonds is 5. The van der Waals surface area contributed by atoms with Crippen LogP contribution >= 0.6 is 12.2 Å². The molecule has 0 aliphatic carbocycles. The van der Waals surface area contributed by atoms with Crippen molar-refractivity contribution in [2.75, 3.05) is 5.32 Å². The van der Waals surface area contributed by atoms with Gasteiger partial charge in [-0.05, 0) is 19.8 Å². The molecule has 16 heavy (non-hydrogen) atoms. The van der Waals surface area contributed by atoms with Gasteiger partial charge in [-0.1, -0.05) is 26.1 Å². The van der Waals surface area contributed by atoms with Crippen LogP contribution < -0.4 is 11.1 Å². The molecule has 0 atom stereocenters. The van der Waals surface area contributed by atoms with Crippen molar-refractivity contribution in [3.05, 3.63) is 18.1 Å². The van der Waals surface area contributed by atoms with Crippen molar-refractivity contribution in [1.29, 1.82) is 0 Å². The molecule has 5 heteroatoms. The molecule has 3 N–H and O–H groups in total. The Hall–Kier alpha value is -1.23. The van der Waals surface area contributed by atoms with E-state index in [9.17, 15) is 0 Å². The smallest absolute Gasteiger partial charge is 0.155 e. The maximum Gasteiger partial charge on any atom is 0.155 e. The van der Waals surface area contributed by atoms with Gasteiger partial charge in [0, 0.05) is 17.9 Å². The van der Waals surface area contributed by atoms with Gasteiger partial charge < -0.3 is 11.1 Å². The molecule has 0 aliphatic rings. The quantitative estimate of drug-likeness (QED) is 0.769. The number of anilines is 1. The zero-order valence-corrected chi connectivity index (χ0v) is 10.8. The number of nitrogens with zero attached hydrogens (tertiary/aromatic N) is 2. The first-order valence-electron chi connectivity index (χ1n) is 5.41. The van der Waals surface area contributed by atoms with Crippen LogP contribution in [0.25, 0.3) is 0 Å². The standard InChI is InChI=1S/C11H18N4S/c1-4-11(3,5-2)15-10-8(9(12)16)13-6-7-14-10/h6-7H,4-5H2,1-3H3,(H2,12,16)(H,14,15). The van der Waals surface area contributed by atoms with Crippen LogP contribution in [-0.2, 0) is 0 Å². The van der Waals surface area contributed by atoms with Gasteiger partial charge in [0.15, 0.2) is 5.82 Å². The van der Waals surface area contributed by atoms with Crippen LogP contribution in [0, 0.1) is 0 Å². The molecule has 1 aromatic rings. The average molecular weight is 238 g/mol. The van der Waals surface area contributed by atoms with Crippen molar-refractivity contribution >= 4 is 23.0 Å². The predicted octanol–water partition coefficient (Wildman–Crippen LogP) is 2.10. The Kier molecular flexibility index (Phi) is 4.18. The summed E-state index contributed by atoms with van der Waals surface area (Å²) in [5, 5.41) is 3.36. The number of thiocarbonyl (C=S) groups is 1. The average Bonchev–Trinajstić information content (AvgIpc) is 2.29. The van der Waals surface area contributed by atoms with E-state index >= 15 is 0 Å². The lowest BCUT2D eigenvalue weighted by Gasteiger charge is -2.29. The largest absolute Gasteiger partial charge is 0.388 e. The van der Waals surface area contributed by atoms with Crippen LogP contribution in [0.2, 0.25) is 0 Å². The molecular formula is C11H18N4S. The second kappa shape index (κ2) is 5.21.